The summed E-state index contributed by atoms with van der Waals surface area (Å²) in [5.74, 6) is 0. The van der Waals surface area contributed by atoms with Crippen molar-refractivity contribution in [3.8, 4) is 11.1 Å². The zero-order valence-electron chi connectivity index (χ0n) is 21.5. The van der Waals surface area contributed by atoms with Gasteiger partial charge in [0.25, 0.3) is 0 Å². The zero-order valence-corrected chi connectivity index (χ0v) is 22.4. The average molecular weight is 507 g/mol. The summed E-state index contributed by atoms with van der Waals surface area (Å²) in [6.45, 7) is 4.25. The Bertz CT molecular complexity index is 1950. The van der Waals surface area contributed by atoms with E-state index in [9.17, 15) is 0 Å². The van der Waals surface area contributed by atoms with Crippen molar-refractivity contribution < 1.29 is 4.57 Å². The molecule has 0 heterocycles. The molecule has 0 aromatic heterocycles. The van der Waals surface area contributed by atoms with Gasteiger partial charge in [-0.15, -0.1) is 0 Å². The third-order valence-electron chi connectivity index (χ3n) is 7.94. The van der Waals surface area contributed by atoms with Crippen LogP contribution in [0.5, 0.6) is 0 Å². The van der Waals surface area contributed by atoms with Gasteiger partial charge in [-0.05, 0) is 74.5 Å². The van der Waals surface area contributed by atoms with Gasteiger partial charge in [0.05, 0.1) is 0 Å². The van der Waals surface area contributed by atoms with Crippen LogP contribution in [0.3, 0.4) is 0 Å². The summed E-state index contributed by atoms with van der Waals surface area (Å²) < 4.78 is 15.1. The standard InChI is InChI=1S/C36H27OP/c1-24-23-34(38(37,29-12-5-3-6-13-29)30-14-7-4-8-15-30)25(2)22-33(24)31-20-18-28-17-16-26-10-9-11-27-19-21-32(31)36(28)35(26)27/h3-23H,1-2H3. The van der Waals surface area contributed by atoms with E-state index in [4.69, 9.17) is 0 Å². The molecule has 2 heteroatoms. The summed E-state index contributed by atoms with van der Waals surface area (Å²) in [6.07, 6.45) is 0. The molecule has 182 valence electrons. The smallest absolute Gasteiger partial charge is 0.171 e. The Labute approximate surface area is 223 Å². The predicted molar refractivity (Wildman–Crippen MR) is 164 cm³/mol. The quantitative estimate of drug-likeness (QED) is 0.173. The molecule has 0 atom stereocenters. The zero-order chi connectivity index (χ0) is 25.9. The first-order valence-corrected chi connectivity index (χ1v) is 14.8. The van der Waals surface area contributed by atoms with Crippen molar-refractivity contribution in [2.45, 2.75) is 13.8 Å². The first-order valence-electron chi connectivity index (χ1n) is 13.1. The van der Waals surface area contributed by atoms with E-state index in [0.29, 0.717) is 0 Å². The third kappa shape index (κ3) is 3.36. The molecule has 0 aliphatic rings. The molecule has 0 saturated heterocycles. The number of hydrogen-bond donors (Lipinski definition) is 0. The van der Waals surface area contributed by atoms with E-state index < -0.39 is 7.14 Å². The Morgan fingerprint density at radius 3 is 1.66 bits per heavy atom. The molecule has 0 amide bonds. The van der Waals surface area contributed by atoms with Crippen molar-refractivity contribution in [1.82, 2.24) is 0 Å². The molecule has 0 N–H and O–H groups in total. The maximum Gasteiger partial charge on any atom is 0.171 e. The fourth-order valence-electron chi connectivity index (χ4n) is 6.10. The largest absolute Gasteiger partial charge is 0.309 e. The van der Waals surface area contributed by atoms with Gasteiger partial charge in [-0.2, -0.15) is 0 Å². The van der Waals surface area contributed by atoms with Crippen LogP contribution in [0.4, 0.5) is 0 Å². The molecule has 0 bridgehead atoms. The predicted octanol–water partition coefficient (Wildman–Crippen LogP) is 8.51. The monoisotopic (exact) mass is 506 g/mol. The van der Waals surface area contributed by atoms with Crippen LogP contribution in [0, 0.1) is 13.8 Å². The summed E-state index contributed by atoms with van der Waals surface area (Å²) >= 11 is 0. The maximum atomic E-state index is 15.1. The van der Waals surface area contributed by atoms with Gasteiger partial charge in [0.2, 0.25) is 0 Å². The Morgan fingerprint density at radius 1 is 0.474 bits per heavy atom. The molecule has 0 fully saturated rings. The van der Waals surface area contributed by atoms with Crippen LogP contribution in [0.2, 0.25) is 0 Å². The molecule has 0 radical (unpaired) electrons. The van der Waals surface area contributed by atoms with E-state index in [0.717, 1.165) is 27.0 Å². The number of rotatable bonds is 4. The van der Waals surface area contributed by atoms with Gasteiger partial charge in [-0.1, -0.05) is 121 Å². The first kappa shape index (κ1) is 23.0. The maximum absolute atomic E-state index is 15.1. The molecule has 7 rings (SSSR count). The van der Waals surface area contributed by atoms with Gasteiger partial charge in [0, 0.05) is 15.9 Å². The molecular formula is C36H27OP. The van der Waals surface area contributed by atoms with Crippen LogP contribution in [0.15, 0.2) is 127 Å². The van der Waals surface area contributed by atoms with Crippen molar-refractivity contribution in [3.05, 3.63) is 139 Å². The third-order valence-corrected chi connectivity index (χ3v) is 11.2. The van der Waals surface area contributed by atoms with E-state index in [2.05, 4.69) is 80.6 Å². The summed E-state index contributed by atoms with van der Waals surface area (Å²) in [6, 6.07) is 44.2. The number of benzene rings is 7. The van der Waals surface area contributed by atoms with Gasteiger partial charge in [-0.3, -0.25) is 0 Å². The van der Waals surface area contributed by atoms with Gasteiger partial charge in [0.1, 0.15) is 0 Å². The first-order chi connectivity index (χ1) is 18.6. The summed E-state index contributed by atoms with van der Waals surface area (Å²) in [4.78, 5) is 0. The van der Waals surface area contributed by atoms with E-state index >= 15 is 4.57 Å². The lowest BCUT2D eigenvalue weighted by molar-refractivity contribution is 0.592. The molecule has 1 nitrogen and oxygen atoms in total. The topological polar surface area (TPSA) is 17.1 Å². The van der Waals surface area contributed by atoms with E-state index in [1.807, 2.05) is 60.7 Å². The molecule has 0 spiro atoms. The Kier molecular flexibility index (Phi) is 5.25. The lowest BCUT2D eigenvalue weighted by atomic mass is 9.88. The second kappa shape index (κ2) is 8.69. The highest BCUT2D eigenvalue weighted by Crippen LogP contribution is 2.45. The molecule has 7 aromatic rings. The van der Waals surface area contributed by atoms with Crippen molar-refractivity contribution in [1.29, 1.82) is 0 Å². The van der Waals surface area contributed by atoms with Gasteiger partial charge >= 0.3 is 0 Å². The normalized spacial score (nSPS) is 12.1. The molecule has 0 saturated carbocycles. The highest BCUT2D eigenvalue weighted by Gasteiger charge is 2.31. The Balaban J connectivity index is 1.48. The fourth-order valence-corrected chi connectivity index (χ4v) is 9.08. The van der Waals surface area contributed by atoms with Crippen LogP contribution in [-0.4, -0.2) is 0 Å². The van der Waals surface area contributed by atoms with Crippen LogP contribution < -0.4 is 15.9 Å². The van der Waals surface area contributed by atoms with Crippen LogP contribution >= 0.6 is 7.14 Å². The highest BCUT2D eigenvalue weighted by atomic mass is 31.2. The van der Waals surface area contributed by atoms with Gasteiger partial charge in [0.15, 0.2) is 7.14 Å². The molecular weight excluding hydrogens is 479 g/mol. The van der Waals surface area contributed by atoms with Crippen LogP contribution in [-0.2, 0) is 4.57 Å². The van der Waals surface area contributed by atoms with Crippen LogP contribution in [0.1, 0.15) is 11.1 Å². The average Bonchev–Trinajstić information content (AvgIpc) is 2.97. The summed E-state index contributed by atoms with van der Waals surface area (Å²) in [5.41, 5.74) is 4.59. The minimum Gasteiger partial charge on any atom is -0.309 e. The lowest BCUT2D eigenvalue weighted by Crippen LogP contribution is -2.27. The highest BCUT2D eigenvalue weighted by molar-refractivity contribution is 7.85. The number of aryl methyl sites for hydroxylation is 2. The molecule has 0 aliphatic carbocycles. The van der Waals surface area contributed by atoms with Crippen molar-refractivity contribution in [2.75, 3.05) is 0 Å². The second-order valence-electron chi connectivity index (χ2n) is 10.2. The van der Waals surface area contributed by atoms with E-state index in [-0.39, 0.29) is 0 Å². The molecule has 38 heavy (non-hydrogen) atoms. The second-order valence-corrected chi connectivity index (χ2v) is 12.9. The summed E-state index contributed by atoms with van der Waals surface area (Å²) in [7, 11) is -3.05. The SMILES string of the molecule is Cc1cc(P(=O)(c2ccccc2)c2ccccc2)c(C)cc1-c1ccc2ccc3cccc4ccc1c2c34. The van der Waals surface area contributed by atoms with Crippen LogP contribution in [0.25, 0.3) is 43.4 Å². The van der Waals surface area contributed by atoms with Crippen molar-refractivity contribution >= 4 is 55.4 Å². The molecule has 0 unspecified atom stereocenters. The lowest BCUT2D eigenvalue weighted by Gasteiger charge is -2.24. The molecule has 0 aliphatic heterocycles. The van der Waals surface area contributed by atoms with Gasteiger partial charge in [-0.25, -0.2) is 0 Å². The minimum absolute atomic E-state index is 0.865. The summed E-state index contributed by atoms with van der Waals surface area (Å²) in [5, 5.41) is 10.3. The Hall–Kier alpha value is -4.19. The van der Waals surface area contributed by atoms with Gasteiger partial charge < -0.3 is 4.57 Å². The Morgan fingerprint density at radius 2 is 1.03 bits per heavy atom. The van der Waals surface area contributed by atoms with E-state index in [1.165, 1.54) is 43.4 Å². The van der Waals surface area contributed by atoms with E-state index in [1.54, 1.807) is 0 Å². The fraction of sp³-hybridized carbons (Fsp3) is 0.0556. The molecule has 7 aromatic carbocycles. The minimum atomic E-state index is -3.05. The van der Waals surface area contributed by atoms with Crippen molar-refractivity contribution in [3.63, 3.8) is 0 Å². The number of hydrogen-bond acceptors (Lipinski definition) is 1. The van der Waals surface area contributed by atoms with Crippen molar-refractivity contribution in [2.24, 2.45) is 0 Å².